The van der Waals surface area contributed by atoms with Crippen LogP contribution in [-0.4, -0.2) is 15.9 Å². The first kappa shape index (κ1) is 8.62. The average Bonchev–Trinajstić information content (AvgIpc) is 2.17. The number of fused-ring (bicyclic) bond motifs is 1. The quantitative estimate of drug-likeness (QED) is 0.637. The highest BCUT2D eigenvalue weighted by Crippen LogP contribution is 2.15. The lowest BCUT2D eigenvalue weighted by molar-refractivity contribution is -0.131. The molecule has 0 spiro atoms. The van der Waals surface area contributed by atoms with Gasteiger partial charge in [0.15, 0.2) is 5.75 Å². The third-order valence-corrected chi connectivity index (χ3v) is 1.69. The van der Waals surface area contributed by atoms with Gasteiger partial charge in [-0.2, -0.15) is 0 Å². The van der Waals surface area contributed by atoms with E-state index in [2.05, 4.69) is 9.97 Å². The van der Waals surface area contributed by atoms with Crippen molar-refractivity contribution in [3.05, 3.63) is 30.6 Å². The largest absolute Gasteiger partial charge is 0.425 e. The number of hydrogen-bond acceptors (Lipinski definition) is 4. The van der Waals surface area contributed by atoms with Crippen LogP contribution in [0.3, 0.4) is 0 Å². The number of esters is 1. The summed E-state index contributed by atoms with van der Waals surface area (Å²) >= 11 is 0. The minimum atomic E-state index is -0.359. The second kappa shape index (κ2) is 3.41. The first-order valence-electron chi connectivity index (χ1n) is 4.15. The number of nitrogens with zero attached hydrogens (tertiary/aromatic N) is 2. The summed E-state index contributed by atoms with van der Waals surface area (Å²) in [6.07, 6.45) is 3.17. The smallest absolute Gasteiger partial charge is 0.308 e. The van der Waals surface area contributed by atoms with Crippen LogP contribution in [-0.2, 0) is 4.79 Å². The molecule has 0 aliphatic heterocycles. The van der Waals surface area contributed by atoms with Crippen LogP contribution in [0.2, 0.25) is 0 Å². The number of hydrogen-bond donors (Lipinski definition) is 0. The third kappa shape index (κ3) is 1.69. The topological polar surface area (TPSA) is 52.1 Å². The Morgan fingerprint density at radius 3 is 3.00 bits per heavy atom. The lowest BCUT2D eigenvalue weighted by Crippen LogP contribution is -2.01. The molecule has 0 aromatic carbocycles. The summed E-state index contributed by atoms with van der Waals surface area (Å²) in [7, 11) is 0. The summed E-state index contributed by atoms with van der Waals surface area (Å²) in [5.41, 5.74) is 1.50. The van der Waals surface area contributed by atoms with Crippen molar-refractivity contribution in [2.75, 3.05) is 0 Å². The molecule has 0 unspecified atom stereocenters. The monoisotopic (exact) mass is 188 g/mol. The van der Waals surface area contributed by atoms with E-state index in [1.54, 1.807) is 18.3 Å². The predicted molar refractivity (Wildman–Crippen MR) is 50.8 cm³/mol. The summed E-state index contributed by atoms with van der Waals surface area (Å²) < 4.78 is 4.88. The molecule has 0 aliphatic carbocycles. The Bertz CT molecular complexity index is 482. The predicted octanol–water partition coefficient (Wildman–Crippen LogP) is 1.56. The Balaban J connectivity index is 2.46. The van der Waals surface area contributed by atoms with Gasteiger partial charge in [-0.1, -0.05) is 0 Å². The number of carbonyl (C=O) groups excluding carboxylic acids is 1. The van der Waals surface area contributed by atoms with Gasteiger partial charge in [0.2, 0.25) is 0 Å². The van der Waals surface area contributed by atoms with Gasteiger partial charge in [0.05, 0.1) is 17.2 Å². The van der Waals surface area contributed by atoms with Gasteiger partial charge < -0.3 is 4.74 Å². The summed E-state index contributed by atoms with van der Waals surface area (Å²) in [5, 5.41) is 0. The summed E-state index contributed by atoms with van der Waals surface area (Å²) in [4.78, 5) is 18.9. The molecular formula is C10H8N2O2. The van der Waals surface area contributed by atoms with Gasteiger partial charge in [-0.15, -0.1) is 0 Å². The van der Waals surface area contributed by atoms with E-state index in [9.17, 15) is 4.79 Å². The molecule has 2 aromatic rings. The van der Waals surface area contributed by atoms with E-state index >= 15 is 0 Å². The summed E-state index contributed by atoms with van der Waals surface area (Å²) in [6, 6.07) is 5.34. The lowest BCUT2D eigenvalue weighted by Gasteiger charge is -2.01. The number of carbonyl (C=O) groups is 1. The fourth-order valence-electron chi connectivity index (χ4n) is 1.16. The maximum atomic E-state index is 10.7. The summed E-state index contributed by atoms with van der Waals surface area (Å²) in [5.74, 6) is 0.0609. The molecular weight excluding hydrogens is 180 g/mol. The minimum absolute atomic E-state index is 0.359. The van der Waals surface area contributed by atoms with Crippen LogP contribution >= 0.6 is 0 Å². The highest BCUT2D eigenvalue weighted by molar-refractivity contribution is 5.76. The van der Waals surface area contributed by atoms with Gasteiger partial charge in [0, 0.05) is 19.2 Å². The van der Waals surface area contributed by atoms with E-state index in [0.717, 1.165) is 5.52 Å². The van der Waals surface area contributed by atoms with E-state index in [1.807, 2.05) is 6.07 Å². The van der Waals surface area contributed by atoms with Crippen LogP contribution in [0.1, 0.15) is 6.92 Å². The van der Waals surface area contributed by atoms with Crippen molar-refractivity contribution in [3.8, 4) is 5.75 Å². The van der Waals surface area contributed by atoms with Crippen molar-refractivity contribution in [1.82, 2.24) is 9.97 Å². The molecule has 0 aliphatic rings. The first-order chi connectivity index (χ1) is 6.75. The Morgan fingerprint density at radius 2 is 2.21 bits per heavy atom. The average molecular weight is 188 g/mol. The Kier molecular flexibility index (Phi) is 2.10. The maximum absolute atomic E-state index is 10.7. The van der Waals surface area contributed by atoms with Crippen molar-refractivity contribution in [2.24, 2.45) is 0 Å². The van der Waals surface area contributed by atoms with Gasteiger partial charge in [-0.05, 0) is 12.1 Å². The van der Waals surface area contributed by atoms with Crippen LogP contribution in [0.4, 0.5) is 0 Å². The molecule has 0 atom stereocenters. The lowest BCUT2D eigenvalue weighted by atomic mass is 10.3. The zero-order valence-electron chi connectivity index (χ0n) is 7.60. The van der Waals surface area contributed by atoms with Crippen LogP contribution in [0.25, 0.3) is 11.0 Å². The van der Waals surface area contributed by atoms with Gasteiger partial charge in [-0.3, -0.25) is 14.8 Å². The molecule has 2 aromatic heterocycles. The van der Waals surface area contributed by atoms with Crippen molar-refractivity contribution >= 4 is 17.0 Å². The molecule has 0 saturated heterocycles. The van der Waals surface area contributed by atoms with Gasteiger partial charge in [0.25, 0.3) is 0 Å². The Morgan fingerprint density at radius 1 is 1.36 bits per heavy atom. The summed E-state index contributed by atoms with van der Waals surface area (Å²) in [6.45, 7) is 1.35. The number of pyridine rings is 2. The number of aromatic nitrogens is 2. The molecule has 4 nitrogen and oxygen atoms in total. The molecule has 2 rings (SSSR count). The zero-order valence-corrected chi connectivity index (χ0v) is 7.60. The van der Waals surface area contributed by atoms with Gasteiger partial charge >= 0.3 is 5.97 Å². The molecule has 2 heterocycles. The van der Waals surface area contributed by atoms with Crippen molar-refractivity contribution in [2.45, 2.75) is 6.92 Å². The number of ether oxygens (including phenoxy) is 1. The van der Waals surface area contributed by atoms with E-state index in [-0.39, 0.29) is 5.97 Å². The van der Waals surface area contributed by atoms with Crippen molar-refractivity contribution in [1.29, 1.82) is 0 Å². The highest BCUT2D eigenvalue weighted by atomic mass is 16.5. The highest BCUT2D eigenvalue weighted by Gasteiger charge is 2.00. The van der Waals surface area contributed by atoms with E-state index in [0.29, 0.717) is 11.3 Å². The fraction of sp³-hybridized carbons (Fsp3) is 0.100. The molecule has 0 N–H and O–H groups in total. The van der Waals surface area contributed by atoms with Crippen LogP contribution in [0.5, 0.6) is 5.75 Å². The van der Waals surface area contributed by atoms with Gasteiger partial charge in [-0.25, -0.2) is 0 Å². The second-order valence-electron chi connectivity index (χ2n) is 2.81. The van der Waals surface area contributed by atoms with Crippen LogP contribution in [0.15, 0.2) is 30.6 Å². The molecule has 0 bridgehead atoms. The third-order valence-electron chi connectivity index (χ3n) is 1.69. The first-order valence-corrected chi connectivity index (χ1v) is 4.15. The molecule has 0 amide bonds. The standard InChI is InChI=1S/C10H8N2O2/c1-7(13)14-8-5-10-9(12-6-8)3-2-4-11-10/h2-6H,1H3. The van der Waals surface area contributed by atoms with E-state index in [4.69, 9.17) is 4.74 Å². The van der Waals surface area contributed by atoms with Crippen molar-refractivity contribution in [3.63, 3.8) is 0 Å². The Hall–Kier alpha value is -1.97. The molecule has 70 valence electrons. The molecule has 14 heavy (non-hydrogen) atoms. The normalized spacial score (nSPS) is 10.1. The van der Waals surface area contributed by atoms with Gasteiger partial charge in [0.1, 0.15) is 0 Å². The second-order valence-corrected chi connectivity index (χ2v) is 2.81. The SMILES string of the molecule is CC(=O)Oc1cnc2cccnc2c1. The molecule has 0 fully saturated rings. The fourth-order valence-corrected chi connectivity index (χ4v) is 1.16. The molecule has 4 heteroatoms. The molecule has 0 saturated carbocycles. The maximum Gasteiger partial charge on any atom is 0.308 e. The molecule has 0 radical (unpaired) electrons. The van der Waals surface area contributed by atoms with E-state index in [1.165, 1.54) is 13.1 Å². The minimum Gasteiger partial charge on any atom is -0.425 e. The Labute approximate surface area is 80.6 Å². The van der Waals surface area contributed by atoms with E-state index < -0.39 is 0 Å². The zero-order chi connectivity index (χ0) is 9.97. The van der Waals surface area contributed by atoms with Crippen molar-refractivity contribution < 1.29 is 9.53 Å². The van der Waals surface area contributed by atoms with Crippen LogP contribution in [0, 0.1) is 0 Å². The number of rotatable bonds is 1. The van der Waals surface area contributed by atoms with Crippen LogP contribution < -0.4 is 4.74 Å².